The van der Waals surface area contributed by atoms with Gasteiger partial charge in [-0.15, -0.1) is 0 Å². The zero-order chi connectivity index (χ0) is 14.1. The van der Waals surface area contributed by atoms with E-state index in [1.54, 1.807) is 12.1 Å². The first-order chi connectivity index (χ1) is 9.13. The van der Waals surface area contributed by atoms with Gasteiger partial charge in [0.2, 0.25) is 5.91 Å². The summed E-state index contributed by atoms with van der Waals surface area (Å²) in [5, 5.41) is 14.3. The third kappa shape index (κ3) is 5.73. The van der Waals surface area contributed by atoms with Gasteiger partial charge in [0.15, 0.2) is 0 Å². The van der Waals surface area contributed by atoms with E-state index in [4.69, 9.17) is 4.74 Å². The maximum absolute atomic E-state index is 11.3. The summed E-state index contributed by atoms with van der Waals surface area (Å²) in [6.07, 6.45) is 1.58. The highest BCUT2D eigenvalue weighted by atomic mass is 16.6. The number of carbonyl (C=O) groups is 1. The Bertz CT molecular complexity index is 474. The molecule has 0 aromatic heterocycles. The summed E-state index contributed by atoms with van der Waals surface area (Å²) in [7, 11) is 0. The van der Waals surface area contributed by atoms with E-state index in [0.29, 0.717) is 18.8 Å². The molecule has 19 heavy (non-hydrogen) atoms. The van der Waals surface area contributed by atoms with Crippen molar-refractivity contribution in [2.45, 2.75) is 13.3 Å². The monoisotopic (exact) mass is 265 g/mol. The molecule has 0 saturated carbocycles. The van der Waals surface area contributed by atoms with Crippen molar-refractivity contribution in [3.8, 4) is 0 Å². The first-order valence-corrected chi connectivity index (χ1v) is 5.77. The number of non-ortho nitro benzene ring substituents is 1. The number of benzene rings is 1. The van der Waals surface area contributed by atoms with Crippen molar-refractivity contribution in [2.24, 2.45) is 5.10 Å². The van der Waals surface area contributed by atoms with Crippen LogP contribution in [0.25, 0.3) is 0 Å². The molecule has 0 saturated heterocycles. The molecule has 0 heterocycles. The fourth-order valence-corrected chi connectivity index (χ4v) is 1.26. The predicted molar refractivity (Wildman–Crippen MR) is 69.9 cm³/mol. The average Bonchev–Trinajstić information content (AvgIpc) is 2.39. The van der Waals surface area contributed by atoms with Gasteiger partial charge in [-0.3, -0.25) is 14.9 Å². The van der Waals surface area contributed by atoms with Crippen molar-refractivity contribution < 1.29 is 14.5 Å². The molecule has 0 unspecified atom stereocenters. The smallest absolute Gasteiger partial charge is 0.270 e. The van der Waals surface area contributed by atoms with E-state index < -0.39 is 4.92 Å². The Morgan fingerprint density at radius 1 is 1.58 bits per heavy atom. The standard InChI is InChI=1S/C12H15N3O4/c1-2-19-7-6-12(16)14-13-9-10-4-3-5-11(8-10)15(17)18/h3-5,8-9H,2,6-7H2,1H3,(H,14,16)/b13-9+. The molecule has 0 radical (unpaired) electrons. The highest BCUT2D eigenvalue weighted by molar-refractivity contribution is 5.83. The van der Waals surface area contributed by atoms with Crippen LogP contribution in [-0.2, 0) is 9.53 Å². The third-order valence-electron chi connectivity index (χ3n) is 2.16. The maximum atomic E-state index is 11.3. The van der Waals surface area contributed by atoms with Crippen LogP contribution >= 0.6 is 0 Å². The van der Waals surface area contributed by atoms with Crippen LogP contribution in [0.1, 0.15) is 18.9 Å². The number of nitrogens with one attached hydrogen (secondary N) is 1. The summed E-state index contributed by atoms with van der Waals surface area (Å²) in [6, 6.07) is 5.97. The minimum Gasteiger partial charge on any atom is -0.381 e. The van der Waals surface area contributed by atoms with Crippen LogP contribution in [0.2, 0.25) is 0 Å². The lowest BCUT2D eigenvalue weighted by Gasteiger charge is -2.00. The number of rotatable bonds is 7. The molecule has 1 aromatic carbocycles. The molecule has 1 aromatic rings. The second-order valence-corrected chi connectivity index (χ2v) is 3.59. The zero-order valence-electron chi connectivity index (χ0n) is 10.5. The highest BCUT2D eigenvalue weighted by Gasteiger charge is 2.04. The van der Waals surface area contributed by atoms with Crippen LogP contribution in [-0.4, -0.2) is 30.3 Å². The van der Waals surface area contributed by atoms with Crippen molar-refractivity contribution in [1.82, 2.24) is 5.43 Å². The van der Waals surface area contributed by atoms with Crippen molar-refractivity contribution in [3.05, 3.63) is 39.9 Å². The van der Waals surface area contributed by atoms with Gasteiger partial charge in [0, 0.05) is 24.3 Å². The molecule has 0 aliphatic carbocycles. The first-order valence-electron chi connectivity index (χ1n) is 5.77. The summed E-state index contributed by atoms with van der Waals surface area (Å²) in [5.41, 5.74) is 2.84. The third-order valence-corrected chi connectivity index (χ3v) is 2.16. The molecule has 102 valence electrons. The van der Waals surface area contributed by atoms with E-state index in [2.05, 4.69) is 10.5 Å². The molecule has 7 heteroatoms. The molecule has 1 N–H and O–H groups in total. The second kappa shape index (κ2) is 7.93. The van der Waals surface area contributed by atoms with Gasteiger partial charge in [-0.2, -0.15) is 5.10 Å². The Labute approximate surface area is 110 Å². The van der Waals surface area contributed by atoms with Gasteiger partial charge in [-0.1, -0.05) is 12.1 Å². The van der Waals surface area contributed by atoms with Gasteiger partial charge in [-0.25, -0.2) is 5.43 Å². The largest absolute Gasteiger partial charge is 0.381 e. The van der Waals surface area contributed by atoms with E-state index in [-0.39, 0.29) is 18.0 Å². The molecular formula is C12H15N3O4. The van der Waals surface area contributed by atoms with Crippen molar-refractivity contribution in [3.63, 3.8) is 0 Å². The van der Waals surface area contributed by atoms with Gasteiger partial charge < -0.3 is 4.74 Å². The van der Waals surface area contributed by atoms with Crippen molar-refractivity contribution in [2.75, 3.05) is 13.2 Å². The van der Waals surface area contributed by atoms with Gasteiger partial charge in [0.05, 0.1) is 24.2 Å². The lowest BCUT2D eigenvalue weighted by atomic mass is 10.2. The Balaban J connectivity index is 2.46. The van der Waals surface area contributed by atoms with E-state index in [0.717, 1.165) is 0 Å². The molecule has 1 amide bonds. The Morgan fingerprint density at radius 2 is 2.37 bits per heavy atom. The van der Waals surface area contributed by atoms with E-state index in [9.17, 15) is 14.9 Å². The van der Waals surface area contributed by atoms with Gasteiger partial charge >= 0.3 is 0 Å². The van der Waals surface area contributed by atoms with Crippen molar-refractivity contribution in [1.29, 1.82) is 0 Å². The summed E-state index contributed by atoms with van der Waals surface area (Å²) in [6.45, 7) is 2.75. The number of hydrazone groups is 1. The minimum absolute atomic E-state index is 0.0216. The number of hydrogen-bond donors (Lipinski definition) is 1. The lowest BCUT2D eigenvalue weighted by Crippen LogP contribution is -2.19. The number of ether oxygens (including phenoxy) is 1. The summed E-state index contributed by atoms with van der Waals surface area (Å²) < 4.78 is 5.02. The quantitative estimate of drug-likeness (QED) is 0.349. The van der Waals surface area contributed by atoms with Gasteiger partial charge in [0.25, 0.3) is 5.69 Å². The second-order valence-electron chi connectivity index (χ2n) is 3.59. The predicted octanol–water partition coefficient (Wildman–Crippen LogP) is 1.47. The molecule has 7 nitrogen and oxygen atoms in total. The Kier molecular flexibility index (Phi) is 6.17. The van der Waals surface area contributed by atoms with Crippen LogP contribution in [0.3, 0.4) is 0 Å². The minimum atomic E-state index is -0.488. The van der Waals surface area contributed by atoms with E-state index in [1.807, 2.05) is 6.92 Å². The summed E-state index contributed by atoms with van der Waals surface area (Å²) in [4.78, 5) is 21.3. The van der Waals surface area contributed by atoms with E-state index in [1.165, 1.54) is 18.3 Å². The number of nitro benzene ring substituents is 1. The molecule has 0 aliphatic rings. The lowest BCUT2D eigenvalue weighted by molar-refractivity contribution is -0.384. The number of carbonyl (C=O) groups excluding carboxylic acids is 1. The number of nitrogens with zero attached hydrogens (tertiary/aromatic N) is 2. The van der Waals surface area contributed by atoms with E-state index >= 15 is 0 Å². The molecule has 0 aliphatic heterocycles. The fourth-order valence-electron chi connectivity index (χ4n) is 1.26. The van der Waals surface area contributed by atoms with Gasteiger partial charge in [-0.05, 0) is 6.92 Å². The number of nitro groups is 1. The zero-order valence-corrected chi connectivity index (χ0v) is 10.5. The number of amides is 1. The van der Waals surface area contributed by atoms with Crippen LogP contribution in [0, 0.1) is 10.1 Å². The molecule has 0 spiro atoms. The Hall–Kier alpha value is -2.28. The average molecular weight is 265 g/mol. The van der Waals surface area contributed by atoms with Crippen LogP contribution in [0.15, 0.2) is 29.4 Å². The number of hydrogen-bond acceptors (Lipinski definition) is 5. The van der Waals surface area contributed by atoms with Crippen LogP contribution < -0.4 is 5.43 Å². The van der Waals surface area contributed by atoms with Crippen LogP contribution in [0.4, 0.5) is 5.69 Å². The molecule has 0 fully saturated rings. The fraction of sp³-hybridized carbons (Fsp3) is 0.333. The summed E-state index contributed by atoms with van der Waals surface area (Å²) >= 11 is 0. The normalized spacial score (nSPS) is 10.6. The Morgan fingerprint density at radius 3 is 3.05 bits per heavy atom. The van der Waals surface area contributed by atoms with Crippen molar-refractivity contribution >= 4 is 17.8 Å². The highest BCUT2D eigenvalue weighted by Crippen LogP contribution is 2.11. The summed E-state index contributed by atoms with van der Waals surface area (Å²) in [5.74, 6) is -0.268. The molecule has 0 bridgehead atoms. The molecule has 1 rings (SSSR count). The topological polar surface area (TPSA) is 93.8 Å². The first kappa shape index (κ1) is 14.8. The SMILES string of the molecule is CCOCCC(=O)N/N=C/c1cccc([N+](=O)[O-])c1. The molecular weight excluding hydrogens is 250 g/mol. The van der Waals surface area contributed by atoms with Gasteiger partial charge in [0.1, 0.15) is 0 Å². The molecule has 0 atom stereocenters. The maximum Gasteiger partial charge on any atom is 0.270 e. The van der Waals surface area contributed by atoms with Crippen LogP contribution in [0.5, 0.6) is 0 Å².